The van der Waals surface area contributed by atoms with Crippen molar-refractivity contribution in [3.63, 3.8) is 0 Å². The number of likely N-dealkylation sites (tertiary alicyclic amines) is 1. The first-order valence-corrected chi connectivity index (χ1v) is 12.2. The summed E-state index contributed by atoms with van der Waals surface area (Å²) in [6.45, 7) is 7.31. The van der Waals surface area contributed by atoms with E-state index in [9.17, 15) is 4.79 Å². The molecule has 4 nitrogen and oxygen atoms in total. The number of piperidine rings is 1. The molecule has 0 bridgehead atoms. The molecule has 2 heterocycles. The maximum absolute atomic E-state index is 12.5. The van der Waals surface area contributed by atoms with Crippen molar-refractivity contribution in [2.75, 3.05) is 31.6 Å². The molecule has 1 fully saturated rings. The third-order valence-corrected chi connectivity index (χ3v) is 7.39. The van der Waals surface area contributed by atoms with Gasteiger partial charge >= 0.3 is 0 Å². The quantitative estimate of drug-likeness (QED) is 0.531. The Hall–Kier alpha value is -1.85. The van der Waals surface area contributed by atoms with Gasteiger partial charge in [0, 0.05) is 36.1 Å². The van der Waals surface area contributed by atoms with Crippen LogP contribution in [0.4, 0.5) is 5.69 Å². The molecular formula is C26H33BrN2O2. The van der Waals surface area contributed by atoms with Crippen molar-refractivity contribution in [2.24, 2.45) is 5.92 Å². The van der Waals surface area contributed by atoms with Crippen LogP contribution in [0.3, 0.4) is 0 Å². The van der Waals surface area contributed by atoms with Crippen LogP contribution in [0.2, 0.25) is 0 Å². The van der Waals surface area contributed by atoms with Gasteiger partial charge in [-0.15, -0.1) is 0 Å². The first-order chi connectivity index (χ1) is 14.9. The van der Waals surface area contributed by atoms with Gasteiger partial charge in [-0.3, -0.25) is 4.79 Å². The van der Waals surface area contributed by atoms with Crippen LogP contribution in [0.25, 0.3) is 0 Å². The molecule has 2 aliphatic heterocycles. The largest absolute Gasteiger partial charge is 0.491 e. The molecule has 31 heavy (non-hydrogen) atoms. The summed E-state index contributed by atoms with van der Waals surface area (Å²) in [5.41, 5.74) is 3.73. The van der Waals surface area contributed by atoms with Gasteiger partial charge in [0.15, 0.2) is 0 Å². The summed E-state index contributed by atoms with van der Waals surface area (Å²) in [6, 6.07) is 14.7. The predicted octanol–water partition coefficient (Wildman–Crippen LogP) is 5.64. The van der Waals surface area contributed by atoms with Crippen molar-refractivity contribution in [1.82, 2.24) is 4.90 Å². The highest BCUT2D eigenvalue weighted by molar-refractivity contribution is 9.10. The number of anilines is 1. The molecule has 1 amide bonds. The zero-order valence-corrected chi connectivity index (χ0v) is 20.4. The fraction of sp³-hybridized carbons (Fsp3) is 0.500. The first kappa shape index (κ1) is 22.3. The number of carbonyl (C=O) groups excluding carboxylic acids is 1. The number of carbonyl (C=O) groups is 1. The van der Waals surface area contributed by atoms with Crippen LogP contribution in [-0.2, 0) is 11.2 Å². The number of para-hydroxylation sites is 1. The van der Waals surface area contributed by atoms with Crippen LogP contribution in [0, 0.1) is 5.92 Å². The van der Waals surface area contributed by atoms with Gasteiger partial charge in [0.05, 0.1) is 6.10 Å². The number of nitrogens with zero attached hydrogens (tertiary/aromatic N) is 2. The number of ether oxygens (including phenoxy) is 1. The predicted molar refractivity (Wildman–Crippen MR) is 130 cm³/mol. The van der Waals surface area contributed by atoms with Crippen LogP contribution in [0.15, 0.2) is 46.9 Å². The van der Waals surface area contributed by atoms with Crippen molar-refractivity contribution in [3.8, 4) is 5.75 Å². The number of rotatable bonds is 6. The highest BCUT2D eigenvalue weighted by Gasteiger charge is 2.31. The van der Waals surface area contributed by atoms with E-state index in [1.54, 1.807) is 0 Å². The lowest BCUT2D eigenvalue weighted by atomic mass is 9.86. The van der Waals surface area contributed by atoms with E-state index in [0.717, 1.165) is 37.5 Å². The Morgan fingerprint density at radius 2 is 1.87 bits per heavy atom. The fourth-order valence-electron chi connectivity index (χ4n) is 4.94. The Balaban J connectivity index is 1.35. The molecule has 1 atom stereocenters. The normalized spacial score (nSPS) is 20.2. The first-order valence-electron chi connectivity index (χ1n) is 11.4. The van der Waals surface area contributed by atoms with Crippen LogP contribution in [-0.4, -0.2) is 43.6 Å². The molecule has 0 radical (unpaired) electrons. The number of fused-ring (bicyclic) bond motifs is 1. The number of hydrogen-bond acceptors (Lipinski definition) is 3. The third kappa shape index (κ3) is 5.32. The summed E-state index contributed by atoms with van der Waals surface area (Å²) in [6.07, 6.45) is 4.28. The minimum absolute atomic E-state index is 0.189. The van der Waals surface area contributed by atoms with Gasteiger partial charge in [-0.05, 0) is 87.5 Å². The summed E-state index contributed by atoms with van der Waals surface area (Å²) in [4.78, 5) is 16.9. The highest BCUT2D eigenvalue weighted by atomic mass is 79.9. The van der Waals surface area contributed by atoms with Gasteiger partial charge in [0.25, 0.3) is 0 Å². The van der Waals surface area contributed by atoms with Crippen LogP contribution in [0.1, 0.15) is 50.2 Å². The number of benzene rings is 2. The molecule has 0 aliphatic carbocycles. The molecular weight excluding hydrogens is 452 g/mol. The van der Waals surface area contributed by atoms with E-state index in [2.05, 4.69) is 65.0 Å². The number of hydrogen-bond donors (Lipinski definition) is 0. The van der Waals surface area contributed by atoms with Gasteiger partial charge in [-0.25, -0.2) is 0 Å². The zero-order valence-electron chi connectivity index (χ0n) is 18.8. The van der Waals surface area contributed by atoms with Gasteiger partial charge in [0.2, 0.25) is 5.91 Å². The summed E-state index contributed by atoms with van der Waals surface area (Å²) >= 11 is 3.73. The van der Waals surface area contributed by atoms with Crippen molar-refractivity contribution in [3.05, 3.63) is 58.1 Å². The molecule has 166 valence electrons. The topological polar surface area (TPSA) is 32.8 Å². The SMILES string of the molecule is CC(C)Oc1ccc(Br)c(CC2CCN(CC3CC(=O)N(C)c4ccccc43)CC2)c1. The molecule has 1 unspecified atom stereocenters. The van der Waals surface area contributed by atoms with E-state index in [1.165, 1.54) is 28.4 Å². The average molecular weight is 485 g/mol. The van der Waals surface area contributed by atoms with Crippen molar-refractivity contribution in [2.45, 2.75) is 51.6 Å². The van der Waals surface area contributed by atoms with Crippen molar-refractivity contribution < 1.29 is 9.53 Å². The van der Waals surface area contributed by atoms with E-state index >= 15 is 0 Å². The third-order valence-electron chi connectivity index (χ3n) is 6.62. The van der Waals surface area contributed by atoms with Crippen molar-refractivity contribution in [1.29, 1.82) is 0 Å². The highest BCUT2D eigenvalue weighted by Crippen LogP contribution is 2.36. The zero-order chi connectivity index (χ0) is 22.0. The Kier molecular flexibility index (Phi) is 7.02. The molecule has 0 saturated carbocycles. The van der Waals surface area contributed by atoms with E-state index in [1.807, 2.05) is 24.1 Å². The second-order valence-corrected chi connectivity index (χ2v) is 10.1. The van der Waals surface area contributed by atoms with E-state index in [4.69, 9.17) is 4.74 Å². The standard InChI is InChI=1S/C26H33BrN2O2/c1-18(2)31-22-8-9-24(27)20(15-22)14-19-10-12-29(13-11-19)17-21-16-26(30)28(3)25-7-5-4-6-23(21)25/h4-9,15,18-19,21H,10-14,16-17H2,1-3H3. The van der Waals surface area contributed by atoms with E-state index in [0.29, 0.717) is 18.3 Å². The molecule has 2 aromatic carbocycles. The average Bonchev–Trinajstić information content (AvgIpc) is 2.75. The minimum atomic E-state index is 0.189. The van der Waals surface area contributed by atoms with Crippen LogP contribution in [0.5, 0.6) is 5.75 Å². The van der Waals surface area contributed by atoms with E-state index < -0.39 is 0 Å². The second kappa shape index (κ2) is 9.74. The second-order valence-electron chi connectivity index (χ2n) is 9.28. The van der Waals surface area contributed by atoms with Gasteiger partial charge in [-0.1, -0.05) is 34.1 Å². The van der Waals surface area contributed by atoms with Gasteiger partial charge in [-0.2, -0.15) is 0 Å². The summed E-state index contributed by atoms with van der Waals surface area (Å²) < 4.78 is 7.06. The maximum Gasteiger partial charge on any atom is 0.227 e. The lowest BCUT2D eigenvalue weighted by molar-refractivity contribution is -0.119. The summed E-state index contributed by atoms with van der Waals surface area (Å²) in [5, 5.41) is 0. The smallest absolute Gasteiger partial charge is 0.227 e. The van der Waals surface area contributed by atoms with Crippen LogP contribution >= 0.6 is 15.9 Å². The van der Waals surface area contributed by atoms with Gasteiger partial charge in [0.1, 0.15) is 5.75 Å². The number of amides is 1. The Morgan fingerprint density at radius 1 is 1.13 bits per heavy atom. The molecule has 4 rings (SSSR count). The lowest BCUT2D eigenvalue weighted by Gasteiger charge is -2.37. The Morgan fingerprint density at radius 3 is 2.61 bits per heavy atom. The fourth-order valence-corrected chi connectivity index (χ4v) is 5.35. The molecule has 5 heteroatoms. The number of halogens is 1. The molecule has 0 spiro atoms. The molecule has 1 saturated heterocycles. The molecule has 0 N–H and O–H groups in total. The van der Waals surface area contributed by atoms with Gasteiger partial charge < -0.3 is 14.5 Å². The van der Waals surface area contributed by atoms with Crippen LogP contribution < -0.4 is 9.64 Å². The van der Waals surface area contributed by atoms with Crippen molar-refractivity contribution >= 4 is 27.5 Å². The molecule has 0 aromatic heterocycles. The summed E-state index contributed by atoms with van der Waals surface area (Å²) in [5.74, 6) is 2.17. The Bertz CT molecular complexity index is 921. The molecule has 2 aromatic rings. The monoisotopic (exact) mass is 484 g/mol. The minimum Gasteiger partial charge on any atom is -0.491 e. The molecule has 2 aliphatic rings. The lowest BCUT2D eigenvalue weighted by Crippen LogP contribution is -2.41. The summed E-state index contributed by atoms with van der Waals surface area (Å²) in [7, 11) is 1.89. The maximum atomic E-state index is 12.5. The Labute approximate surface area is 194 Å². The van der Waals surface area contributed by atoms with E-state index in [-0.39, 0.29) is 12.0 Å².